The van der Waals surface area contributed by atoms with Crippen LogP contribution < -0.4 is 10.6 Å². The molecule has 1 aromatic carbocycles. The van der Waals surface area contributed by atoms with Crippen molar-refractivity contribution in [3.05, 3.63) is 29.6 Å². The number of halogens is 2. The molecule has 1 fully saturated rings. The van der Waals surface area contributed by atoms with E-state index in [4.69, 9.17) is 4.52 Å². The first-order valence-corrected chi connectivity index (χ1v) is 7.93. The molecule has 1 saturated heterocycles. The molecule has 0 radical (unpaired) electrons. The second-order valence-electron chi connectivity index (χ2n) is 6.02. The van der Waals surface area contributed by atoms with Crippen LogP contribution in [0.1, 0.15) is 23.9 Å². The van der Waals surface area contributed by atoms with E-state index in [2.05, 4.69) is 44.9 Å². The van der Waals surface area contributed by atoms with Crippen LogP contribution in [0.4, 0.5) is 5.69 Å². The molecular formula is C16H23Cl2N5O. The van der Waals surface area contributed by atoms with Gasteiger partial charge >= 0.3 is 0 Å². The largest absolute Gasteiger partial charge is 0.385 e. The summed E-state index contributed by atoms with van der Waals surface area (Å²) < 4.78 is 5.58. The van der Waals surface area contributed by atoms with E-state index < -0.39 is 0 Å². The van der Waals surface area contributed by atoms with Crippen molar-refractivity contribution in [1.82, 2.24) is 20.4 Å². The monoisotopic (exact) mass is 371 g/mol. The van der Waals surface area contributed by atoms with Crippen molar-refractivity contribution in [2.24, 2.45) is 0 Å². The molecule has 4 rings (SSSR count). The third-order valence-corrected chi connectivity index (χ3v) is 4.58. The number of rotatable bonds is 2. The lowest BCUT2D eigenvalue weighted by Gasteiger charge is -2.30. The highest BCUT2D eigenvalue weighted by atomic mass is 35.5. The van der Waals surface area contributed by atoms with E-state index in [1.54, 1.807) is 0 Å². The van der Waals surface area contributed by atoms with Crippen molar-refractivity contribution in [3.63, 3.8) is 0 Å². The fourth-order valence-electron chi connectivity index (χ4n) is 3.28. The Balaban J connectivity index is 0.00000104. The summed E-state index contributed by atoms with van der Waals surface area (Å²) in [6.07, 6.45) is 2.20. The van der Waals surface area contributed by atoms with Gasteiger partial charge in [-0.3, -0.25) is 4.90 Å². The van der Waals surface area contributed by atoms with Crippen LogP contribution >= 0.6 is 24.8 Å². The molecule has 2 aromatic rings. The molecular weight excluding hydrogens is 349 g/mol. The van der Waals surface area contributed by atoms with Gasteiger partial charge in [-0.15, -0.1) is 24.8 Å². The van der Waals surface area contributed by atoms with Crippen molar-refractivity contribution >= 4 is 30.5 Å². The van der Waals surface area contributed by atoms with Crippen LogP contribution in [0.2, 0.25) is 0 Å². The van der Waals surface area contributed by atoms with Crippen LogP contribution in [0, 0.1) is 0 Å². The SMILES string of the molecule is CN1CCNCC1c1noc(-c2cccc3c2CCCN3)n1.Cl.Cl. The van der Waals surface area contributed by atoms with Gasteiger partial charge in [-0.2, -0.15) is 4.98 Å². The number of likely N-dealkylation sites (N-methyl/N-ethyl adjacent to an activating group) is 1. The summed E-state index contributed by atoms with van der Waals surface area (Å²) in [6, 6.07) is 6.42. The number of aromatic nitrogens is 2. The van der Waals surface area contributed by atoms with Crippen LogP contribution in [0.25, 0.3) is 11.5 Å². The highest BCUT2D eigenvalue weighted by Crippen LogP contribution is 2.32. The standard InChI is InChI=1S/C16H21N5O.2ClH/c1-21-9-8-17-10-14(21)15-19-16(22-20-15)12-4-2-6-13-11(12)5-3-7-18-13;;/h2,4,6,14,17-18H,3,5,7-10H2,1H3;2*1H. The first-order valence-electron chi connectivity index (χ1n) is 7.93. The summed E-state index contributed by atoms with van der Waals surface area (Å²) in [6.45, 7) is 3.91. The molecule has 1 unspecified atom stereocenters. The molecule has 1 aromatic heterocycles. The lowest BCUT2D eigenvalue weighted by Crippen LogP contribution is -2.44. The second-order valence-corrected chi connectivity index (χ2v) is 6.02. The summed E-state index contributed by atoms with van der Waals surface area (Å²) in [5, 5.41) is 11.1. The summed E-state index contributed by atoms with van der Waals surface area (Å²) in [4.78, 5) is 6.95. The molecule has 3 heterocycles. The van der Waals surface area contributed by atoms with Crippen LogP contribution in [0.5, 0.6) is 0 Å². The molecule has 0 saturated carbocycles. The van der Waals surface area contributed by atoms with Gasteiger partial charge in [0, 0.05) is 37.4 Å². The maximum Gasteiger partial charge on any atom is 0.258 e. The van der Waals surface area contributed by atoms with Gasteiger partial charge in [0.2, 0.25) is 0 Å². The number of nitrogens with one attached hydrogen (secondary N) is 2. The molecule has 1 atom stereocenters. The van der Waals surface area contributed by atoms with Gasteiger partial charge in [0.1, 0.15) is 0 Å². The van der Waals surface area contributed by atoms with Gasteiger partial charge < -0.3 is 15.2 Å². The zero-order valence-electron chi connectivity index (χ0n) is 13.6. The van der Waals surface area contributed by atoms with Gasteiger partial charge in [0.25, 0.3) is 5.89 Å². The summed E-state index contributed by atoms with van der Waals surface area (Å²) >= 11 is 0. The van der Waals surface area contributed by atoms with Gasteiger partial charge in [-0.05, 0) is 37.6 Å². The average molecular weight is 372 g/mol. The summed E-state index contributed by atoms with van der Waals surface area (Å²) in [5.41, 5.74) is 3.55. The van der Waals surface area contributed by atoms with Crippen molar-refractivity contribution in [1.29, 1.82) is 0 Å². The van der Waals surface area contributed by atoms with Crippen molar-refractivity contribution < 1.29 is 4.52 Å². The average Bonchev–Trinajstić information content (AvgIpc) is 3.04. The zero-order chi connectivity index (χ0) is 14.9. The van der Waals surface area contributed by atoms with E-state index in [1.807, 2.05) is 6.07 Å². The third kappa shape index (κ3) is 3.52. The van der Waals surface area contributed by atoms with Crippen molar-refractivity contribution in [3.8, 4) is 11.5 Å². The Morgan fingerprint density at radius 1 is 1.25 bits per heavy atom. The Morgan fingerprint density at radius 2 is 2.12 bits per heavy atom. The number of nitrogens with zero attached hydrogens (tertiary/aromatic N) is 3. The number of anilines is 1. The second kappa shape index (κ2) is 8.16. The number of benzene rings is 1. The zero-order valence-corrected chi connectivity index (χ0v) is 15.3. The minimum absolute atomic E-state index is 0. The van der Waals surface area contributed by atoms with E-state index in [-0.39, 0.29) is 30.9 Å². The molecule has 0 spiro atoms. The highest BCUT2D eigenvalue weighted by Gasteiger charge is 2.26. The Kier molecular flexibility index (Phi) is 6.46. The molecule has 0 amide bonds. The minimum atomic E-state index is 0. The number of piperazine rings is 1. The van der Waals surface area contributed by atoms with Gasteiger partial charge in [0.15, 0.2) is 5.82 Å². The predicted octanol–water partition coefficient (Wildman–Crippen LogP) is 2.51. The summed E-state index contributed by atoms with van der Waals surface area (Å²) in [7, 11) is 2.11. The molecule has 24 heavy (non-hydrogen) atoms. The van der Waals surface area contributed by atoms with E-state index in [9.17, 15) is 0 Å². The predicted molar refractivity (Wildman–Crippen MR) is 99.3 cm³/mol. The van der Waals surface area contributed by atoms with Gasteiger partial charge in [-0.1, -0.05) is 11.2 Å². The number of hydrogen-bond acceptors (Lipinski definition) is 6. The fourth-order valence-corrected chi connectivity index (χ4v) is 3.28. The Labute approximate surface area is 154 Å². The van der Waals surface area contributed by atoms with Gasteiger partial charge in [0.05, 0.1) is 6.04 Å². The normalized spacial score (nSPS) is 20.3. The smallest absolute Gasteiger partial charge is 0.258 e. The summed E-state index contributed by atoms with van der Waals surface area (Å²) in [5.74, 6) is 1.40. The van der Waals surface area contributed by atoms with Crippen molar-refractivity contribution in [2.45, 2.75) is 18.9 Å². The number of fused-ring (bicyclic) bond motifs is 1. The molecule has 0 bridgehead atoms. The van der Waals surface area contributed by atoms with E-state index in [1.165, 1.54) is 11.3 Å². The maximum absolute atomic E-state index is 5.58. The first kappa shape index (κ1) is 19.0. The lowest BCUT2D eigenvalue weighted by atomic mass is 9.97. The molecule has 2 aliphatic rings. The van der Waals surface area contributed by atoms with E-state index in [0.29, 0.717) is 5.89 Å². The third-order valence-electron chi connectivity index (χ3n) is 4.58. The molecule has 0 aliphatic carbocycles. The van der Waals surface area contributed by atoms with Crippen molar-refractivity contribution in [2.75, 3.05) is 38.5 Å². The Hall–Kier alpha value is -1.34. The molecule has 2 aliphatic heterocycles. The van der Waals surface area contributed by atoms with Crippen LogP contribution in [-0.2, 0) is 6.42 Å². The molecule has 6 nitrogen and oxygen atoms in total. The lowest BCUT2D eigenvalue weighted by molar-refractivity contribution is 0.190. The maximum atomic E-state index is 5.58. The topological polar surface area (TPSA) is 66.2 Å². The quantitative estimate of drug-likeness (QED) is 0.845. The minimum Gasteiger partial charge on any atom is -0.385 e. The van der Waals surface area contributed by atoms with Crippen LogP contribution in [-0.4, -0.2) is 48.3 Å². The Morgan fingerprint density at radius 3 is 2.96 bits per heavy atom. The molecule has 132 valence electrons. The molecule has 8 heteroatoms. The number of hydrogen-bond donors (Lipinski definition) is 2. The van der Waals surface area contributed by atoms with Gasteiger partial charge in [-0.25, -0.2) is 0 Å². The Bertz CT molecular complexity index is 678. The van der Waals surface area contributed by atoms with Crippen LogP contribution in [0.3, 0.4) is 0 Å². The van der Waals surface area contributed by atoms with Crippen LogP contribution in [0.15, 0.2) is 22.7 Å². The van der Waals surface area contributed by atoms with E-state index >= 15 is 0 Å². The molecule has 2 N–H and O–H groups in total. The highest BCUT2D eigenvalue weighted by molar-refractivity contribution is 5.85. The van der Waals surface area contributed by atoms with E-state index in [0.717, 1.165) is 50.4 Å². The first-order chi connectivity index (χ1) is 10.8. The fraction of sp³-hybridized carbons (Fsp3) is 0.500.